The Hall–Kier alpha value is -1.16. The van der Waals surface area contributed by atoms with Crippen LogP contribution in [-0.2, 0) is 14.3 Å². The number of thioether (sulfide) groups is 1. The second-order valence-electron chi connectivity index (χ2n) is 8.02. The van der Waals surface area contributed by atoms with Crippen molar-refractivity contribution in [3.63, 3.8) is 0 Å². The molecule has 2 amide bonds. The van der Waals surface area contributed by atoms with E-state index in [1.54, 1.807) is 11.3 Å². The van der Waals surface area contributed by atoms with E-state index in [1.807, 2.05) is 29.0 Å². The molecule has 3 saturated heterocycles. The molecule has 0 aromatic carbocycles. The lowest BCUT2D eigenvalue weighted by molar-refractivity contribution is -0.153. The summed E-state index contributed by atoms with van der Waals surface area (Å²) in [6, 6.07) is 0. The summed E-state index contributed by atoms with van der Waals surface area (Å²) in [6.07, 6.45) is 1.20. The Morgan fingerprint density at radius 2 is 2.11 bits per heavy atom. The molecule has 7 nitrogen and oxygen atoms in total. The molecule has 9 heteroatoms. The number of ether oxygens (including phenoxy) is 1. The molecule has 1 N–H and O–H groups in total. The number of morpholine rings is 1. The Morgan fingerprint density at radius 3 is 2.75 bits per heavy atom. The van der Waals surface area contributed by atoms with E-state index in [2.05, 4.69) is 4.98 Å². The van der Waals surface area contributed by atoms with Crippen LogP contribution in [0.1, 0.15) is 25.5 Å². The van der Waals surface area contributed by atoms with Crippen LogP contribution in [0.2, 0.25) is 0 Å². The highest BCUT2D eigenvalue weighted by atomic mass is 32.2. The molecule has 4 atom stereocenters. The second kappa shape index (κ2) is 7.93. The molecule has 154 valence electrons. The van der Waals surface area contributed by atoms with Gasteiger partial charge in [-0.3, -0.25) is 9.59 Å². The molecule has 0 aliphatic carbocycles. The van der Waals surface area contributed by atoms with E-state index in [4.69, 9.17) is 4.74 Å². The SMILES string of the molecule is CCCC(=O)N1C[C@@H]2[C@H](CO)[C@H]3CN(C(=O)CSc4nc(C)cs4)C[C@]2(C1)O3. The van der Waals surface area contributed by atoms with Crippen LogP contribution in [0, 0.1) is 18.8 Å². The van der Waals surface area contributed by atoms with E-state index in [-0.39, 0.29) is 36.4 Å². The number of hydrogen-bond donors (Lipinski definition) is 1. The number of hydrogen-bond acceptors (Lipinski definition) is 7. The van der Waals surface area contributed by atoms with Crippen LogP contribution in [0.5, 0.6) is 0 Å². The highest BCUT2D eigenvalue weighted by molar-refractivity contribution is 8.01. The highest BCUT2D eigenvalue weighted by Gasteiger charge is 2.63. The van der Waals surface area contributed by atoms with Crippen molar-refractivity contribution < 1.29 is 19.4 Å². The van der Waals surface area contributed by atoms with Crippen LogP contribution in [0.15, 0.2) is 9.72 Å². The Morgan fingerprint density at radius 1 is 1.36 bits per heavy atom. The van der Waals surface area contributed by atoms with E-state index in [1.165, 1.54) is 11.8 Å². The molecule has 4 heterocycles. The molecule has 0 radical (unpaired) electrons. The maximum absolute atomic E-state index is 12.9. The van der Waals surface area contributed by atoms with Gasteiger partial charge in [-0.15, -0.1) is 11.3 Å². The number of aliphatic hydroxyl groups excluding tert-OH is 1. The number of thiazole rings is 1. The third-order valence-electron chi connectivity index (χ3n) is 6.09. The first-order valence-electron chi connectivity index (χ1n) is 9.85. The van der Waals surface area contributed by atoms with Gasteiger partial charge in [0.15, 0.2) is 4.34 Å². The number of carbonyl (C=O) groups is 2. The van der Waals surface area contributed by atoms with E-state index < -0.39 is 5.60 Å². The summed E-state index contributed by atoms with van der Waals surface area (Å²) in [4.78, 5) is 33.4. The van der Waals surface area contributed by atoms with Crippen LogP contribution in [-0.4, -0.2) is 81.9 Å². The van der Waals surface area contributed by atoms with Crippen LogP contribution in [0.4, 0.5) is 0 Å². The predicted molar refractivity (Wildman–Crippen MR) is 107 cm³/mol. The summed E-state index contributed by atoms with van der Waals surface area (Å²) in [6.45, 7) is 6.13. The maximum atomic E-state index is 12.9. The smallest absolute Gasteiger partial charge is 0.233 e. The molecule has 28 heavy (non-hydrogen) atoms. The number of nitrogens with zero attached hydrogens (tertiary/aromatic N) is 3. The van der Waals surface area contributed by atoms with Gasteiger partial charge in [0.2, 0.25) is 11.8 Å². The van der Waals surface area contributed by atoms with Crippen molar-refractivity contribution in [1.29, 1.82) is 0 Å². The lowest BCUT2D eigenvalue weighted by atomic mass is 9.83. The molecule has 1 spiro atoms. The maximum Gasteiger partial charge on any atom is 0.233 e. The van der Waals surface area contributed by atoms with Crippen molar-refractivity contribution in [1.82, 2.24) is 14.8 Å². The van der Waals surface area contributed by atoms with Crippen LogP contribution < -0.4 is 0 Å². The molecular weight excluding hydrogens is 398 g/mol. The van der Waals surface area contributed by atoms with Gasteiger partial charge in [0.25, 0.3) is 0 Å². The number of aromatic nitrogens is 1. The summed E-state index contributed by atoms with van der Waals surface area (Å²) < 4.78 is 7.26. The van der Waals surface area contributed by atoms with Crippen molar-refractivity contribution in [3.8, 4) is 0 Å². The van der Waals surface area contributed by atoms with Gasteiger partial charge in [0.1, 0.15) is 5.60 Å². The molecule has 3 fully saturated rings. The number of aryl methyl sites for hydroxylation is 1. The number of fused-ring (bicyclic) bond motifs is 1. The second-order valence-corrected chi connectivity index (χ2v) is 10.1. The topological polar surface area (TPSA) is 83.0 Å². The van der Waals surface area contributed by atoms with Crippen LogP contribution in [0.25, 0.3) is 0 Å². The van der Waals surface area contributed by atoms with Crippen molar-refractivity contribution >= 4 is 34.9 Å². The number of rotatable bonds is 6. The van der Waals surface area contributed by atoms with Gasteiger partial charge in [-0.05, 0) is 13.3 Å². The predicted octanol–water partition coefficient (Wildman–Crippen LogP) is 1.39. The molecular formula is C19H27N3O4S2. The van der Waals surface area contributed by atoms with Gasteiger partial charge in [0, 0.05) is 49.0 Å². The minimum absolute atomic E-state index is 0.0218. The highest BCUT2D eigenvalue weighted by Crippen LogP contribution is 2.49. The Bertz CT molecular complexity index is 757. The van der Waals surface area contributed by atoms with Gasteiger partial charge in [0.05, 0.1) is 24.9 Å². The Kier molecular flexibility index (Phi) is 5.70. The first kappa shape index (κ1) is 20.1. The number of likely N-dealkylation sites (tertiary alicyclic amines) is 2. The van der Waals surface area contributed by atoms with Crippen LogP contribution >= 0.6 is 23.1 Å². The van der Waals surface area contributed by atoms with Gasteiger partial charge >= 0.3 is 0 Å². The lowest BCUT2D eigenvalue weighted by Gasteiger charge is -2.40. The first-order valence-corrected chi connectivity index (χ1v) is 11.7. The zero-order valence-corrected chi connectivity index (χ0v) is 17.9. The fourth-order valence-electron chi connectivity index (χ4n) is 4.80. The molecule has 0 unspecified atom stereocenters. The summed E-state index contributed by atoms with van der Waals surface area (Å²) in [5.41, 5.74) is 0.442. The third-order valence-corrected chi connectivity index (χ3v) is 8.21. The van der Waals surface area contributed by atoms with Gasteiger partial charge < -0.3 is 19.6 Å². The van der Waals surface area contributed by atoms with Crippen molar-refractivity contribution in [2.45, 2.75) is 42.7 Å². The van der Waals surface area contributed by atoms with Gasteiger partial charge in [-0.25, -0.2) is 4.98 Å². The lowest BCUT2D eigenvalue weighted by Crippen LogP contribution is -2.56. The minimum Gasteiger partial charge on any atom is -0.396 e. The van der Waals surface area contributed by atoms with Gasteiger partial charge in [-0.1, -0.05) is 18.7 Å². The molecule has 4 rings (SSSR count). The van der Waals surface area contributed by atoms with Crippen molar-refractivity contribution in [2.24, 2.45) is 11.8 Å². The zero-order valence-electron chi connectivity index (χ0n) is 16.3. The van der Waals surface area contributed by atoms with Crippen LogP contribution in [0.3, 0.4) is 0 Å². The van der Waals surface area contributed by atoms with E-state index in [0.717, 1.165) is 16.5 Å². The number of carbonyl (C=O) groups excluding carboxylic acids is 2. The Labute approximate surface area is 173 Å². The fourth-order valence-corrected chi connectivity index (χ4v) is 6.55. The summed E-state index contributed by atoms with van der Waals surface area (Å²) in [5.74, 6) is 0.632. The van der Waals surface area contributed by atoms with Crippen molar-refractivity contribution in [3.05, 3.63) is 11.1 Å². The molecule has 2 bridgehead atoms. The molecule has 1 aromatic rings. The molecule has 3 aliphatic heterocycles. The molecule has 3 aliphatic rings. The average Bonchev–Trinajstić information content (AvgIpc) is 3.29. The fraction of sp³-hybridized carbons (Fsp3) is 0.737. The van der Waals surface area contributed by atoms with Gasteiger partial charge in [-0.2, -0.15) is 0 Å². The molecule has 0 saturated carbocycles. The van der Waals surface area contributed by atoms with Crippen molar-refractivity contribution in [2.75, 3.05) is 38.5 Å². The summed E-state index contributed by atoms with van der Waals surface area (Å²) in [5, 5.41) is 12.0. The minimum atomic E-state index is -0.530. The quantitative estimate of drug-likeness (QED) is 0.694. The number of aliphatic hydroxyl groups is 1. The standard InChI is InChI=1S/C19H27N3O4S2/c1-3-4-16(24)21-5-14-13(7-23)15-6-22(11-19(14,10-21)26-15)17(25)9-28-18-20-12(2)8-27-18/h8,13-15,23H,3-7,9-11H2,1-2H3/t13-,14+,15+,19-/m0/s1. The largest absolute Gasteiger partial charge is 0.396 e. The van der Waals surface area contributed by atoms with E-state index in [0.29, 0.717) is 38.4 Å². The summed E-state index contributed by atoms with van der Waals surface area (Å²) in [7, 11) is 0. The van der Waals surface area contributed by atoms with E-state index in [9.17, 15) is 14.7 Å². The number of amides is 2. The molecule has 1 aromatic heterocycles. The Balaban J connectivity index is 1.45. The average molecular weight is 426 g/mol. The van der Waals surface area contributed by atoms with E-state index >= 15 is 0 Å². The first-order chi connectivity index (χ1) is 13.5. The summed E-state index contributed by atoms with van der Waals surface area (Å²) >= 11 is 3.03. The monoisotopic (exact) mass is 425 g/mol. The normalized spacial score (nSPS) is 31.3. The third kappa shape index (κ3) is 3.58. The zero-order chi connectivity index (χ0) is 19.9.